The van der Waals surface area contributed by atoms with Gasteiger partial charge in [0, 0.05) is 12.6 Å². The van der Waals surface area contributed by atoms with E-state index in [-0.39, 0.29) is 11.9 Å². The lowest BCUT2D eigenvalue weighted by atomic mass is 10.1. The highest BCUT2D eigenvalue weighted by Crippen LogP contribution is 2.12. The number of amides is 1. The summed E-state index contributed by atoms with van der Waals surface area (Å²) in [5.74, 6) is 0.828. The molecule has 3 heteroatoms. The number of carbonyl (C=O) groups excluding carboxylic acids is 1. The van der Waals surface area contributed by atoms with Crippen molar-refractivity contribution in [1.82, 2.24) is 10.2 Å². The van der Waals surface area contributed by atoms with Crippen molar-refractivity contribution in [3.8, 4) is 0 Å². The summed E-state index contributed by atoms with van der Waals surface area (Å²) < 4.78 is 0. The fourth-order valence-corrected chi connectivity index (χ4v) is 2.04. The monoisotopic (exact) mass is 212 g/mol. The molecule has 0 radical (unpaired) electrons. The standard InChI is InChI=1S/C12H24N2O/c1-9(2)8-14(10(3)4)12(15)11-6-5-7-13-11/h9-11,13H,5-8H2,1-4H3/t11-/m0/s1. The van der Waals surface area contributed by atoms with Crippen LogP contribution in [0.5, 0.6) is 0 Å². The Morgan fingerprint density at radius 2 is 2.07 bits per heavy atom. The van der Waals surface area contributed by atoms with Crippen LogP contribution in [-0.4, -0.2) is 36.0 Å². The topological polar surface area (TPSA) is 32.3 Å². The fraction of sp³-hybridized carbons (Fsp3) is 0.917. The molecule has 1 fully saturated rings. The summed E-state index contributed by atoms with van der Waals surface area (Å²) in [5, 5.41) is 3.27. The minimum Gasteiger partial charge on any atom is -0.339 e. The third-order valence-corrected chi connectivity index (χ3v) is 2.83. The second-order valence-electron chi connectivity index (χ2n) is 5.13. The maximum Gasteiger partial charge on any atom is 0.239 e. The molecule has 1 heterocycles. The second-order valence-corrected chi connectivity index (χ2v) is 5.13. The molecule has 0 aliphatic carbocycles. The highest BCUT2D eigenvalue weighted by Gasteiger charge is 2.28. The first kappa shape index (κ1) is 12.5. The van der Waals surface area contributed by atoms with Crippen LogP contribution in [0, 0.1) is 5.92 Å². The lowest BCUT2D eigenvalue weighted by Crippen LogP contribution is -2.48. The van der Waals surface area contributed by atoms with Crippen molar-refractivity contribution in [2.75, 3.05) is 13.1 Å². The van der Waals surface area contributed by atoms with Gasteiger partial charge in [-0.3, -0.25) is 4.79 Å². The first-order valence-corrected chi connectivity index (χ1v) is 6.06. The van der Waals surface area contributed by atoms with Crippen LogP contribution in [0.1, 0.15) is 40.5 Å². The fourth-order valence-electron chi connectivity index (χ4n) is 2.04. The van der Waals surface area contributed by atoms with Gasteiger partial charge in [0.2, 0.25) is 5.91 Å². The largest absolute Gasteiger partial charge is 0.339 e. The second kappa shape index (κ2) is 5.50. The third-order valence-electron chi connectivity index (χ3n) is 2.83. The van der Waals surface area contributed by atoms with Crippen LogP contribution in [-0.2, 0) is 4.79 Å². The van der Waals surface area contributed by atoms with E-state index in [1.165, 1.54) is 0 Å². The molecule has 1 aliphatic rings. The summed E-state index contributed by atoms with van der Waals surface area (Å²) in [6, 6.07) is 0.383. The summed E-state index contributed by atoms with van der Waals surface area (Å²) >= 11 is 0. The molecule has 1 saturated heterocycles. The number of hydrogen-bond donors (Lipinski definition) is 1. The molecule has 0 spiro atoms. The quantitative estimate of drug-likeness (QED) is 0.768. The number of nitrogens with zero attached hydrogens (tertiary/aromatic N) is 1. The maximum atomic E-state index is 12.2. The molecule has 0 saturated carbocycles. The van der Waals surface area contributed by atoms with Gasteiger partial charge >= 0.3 is 0 Å². The summed E-state index contributed by atoms with van der Waals surface area (Å²) in [5.41, 5.74) is 0. The molecule has 15 heavy (non-hydrogen) atoms. The van der Waals surface area contributed by atoms with Gasteiger partial charge < -0.3 is 10.2 Å². The number of rotatable bonds is 4. The average molecular weight is 212 g/mol. The Balaban J connectivity index is 2.57. The Bertz CT molecular complexity index is 208. The molecular formula is C12H24N2O. The molecule has 0 aromatic rings. The van der Waals surface area contributed by atoms with Crippen molar-refractivity contribution in [3.05, 3.63) is 0 Å². The summed E-state index contributed by atoms with van der Waals surface area (Å²) in [7, 11) is 0. The molecular weight excluding hydrogens is 188 g/mol. The first-order valence-electron chi connectivity index (χ1n) is 6.06. The van der Waals surface area contributed by atoms with Crippen molar-refractivity contribution in [1.29, 1.82) is 0 Å². The molecule has 1 amide bonds. The van der Waals surface area contributed by atoms with E-state index in [1.54, 1.807) is 0 Å². The van der Waals surface area contributed by atoms with E-state index in [2.05, 4.69) is 33.0 Å². The summed E-state index contributed by atoms with van der Waals surface area (Å²) in [4.78, 5) is 14.2. The molecule has 3 nitrogen and oxygen atoms in total. The molecule has 1 aliphatic heterocycles. The third kappa shape index (κ3) is 3.49. The van der Waals surface area contributed by atoms with Crippen LogP contribution in [0.4, 0.5) is 0 Å². The zero-order valence-electron chi connectivity index (χ0n) is 10.4. The van der Waals surface area contributed by atoms with E-state index < -0.39 is 0 Å². The minimum absolute atomic E-state index is 0.0751. The van der Waals surface area contributed by atoms with Gasteiger partial charge in [-0.2, -0.15) is 0 Å². The molecule has 88 valence electrons. The lowest BCUT2D eigenvalue weighted by molar-refractivity contribution is -0.135. The molecule has 0 bridgehead atoms. The van der Waals surface area contributed by atoms with Crippen molar-refractivity contribution >= 4 is 5.91 Å². The Labute approximate surface area is 93.2 Å². The molecule has 1 N–H and O–H groups in total. The predicted molar refractivity (Wildman–Crippen MR) is 62.7 cm³/mol. The van der Waals surface area contributed by atoms with E-state index >= 15 is 0 Å². The summed E-state index contributed by atoms with van der Waals surface area (Å²) in [6.07, 6.45) is 2.13. The smallest absolute Gasteiger partial charge is 0.239 e. The molecule has 0 aromatic carbocycles. The minimum atomic E-state index is 0.0751. The van der Waals surface area contributed by atoms with Gasteiger partial charge in [-0.05, 0) is 39.2 Å². The molecule has 0 unspecified atom stereocenters. The maximum absolute atomic E-state index is 12.2. The predicted octanol–water partition coefficient (Wildman–Crippen LogP) is 1.63. The van der Waals surface area contributed by atoms with E-state index in [4.69, 9.17) is 0 Å². The van der Waals surface area contributed by atoms with E-state index in [9.17, 15) is 4.79 Å². The Morgan fingerprint density at radius 1 is 1.40 bits per heavy atom. The van der Waals surface area contributed by atoms with Gasteiger partial charge in [-0.1, -0.05) is 13.8 Å². The van der Waals surface area contributed by atoms with Crippen LogP contribution in [0.15, 0.2) is 0 Å². The van der Waals surface area contributed by atoms with E-state index in [1.807, 2.05) is 4.90 Å². The highest BCUT2D eigenvalue weighted by atomic mass is 16.2. The van der Waals surface area contributed by atoms with Gasteiger partial charge in [0.15, 0.2) is 0 Å². The SMILES string of the molecule is CC(C)CN(C(=O)[C@@H]1CCCN1)C(C)C. The molecule has 1 rings (SSSR count). The van der Waals surface area contributed by atoms with Crippen molar-refractivity contribution in [3.63, 3.8) is 0 Å². The van der Waals surface area contributed by atoms with Crippen molar-refractivity contribution < 1.29 is 4.79 Å². The van der Waals surface area contributed by atoms with Gasteiger partial charge in [0.05, 0.1) is 6.04 Å². The van der Waals surface area contributed by atoms with Crippen LogP contribution >= 0.6 is 0 Å². The van der Waals surface area contributed by atoms with E-state index in [0.29, 0.717) is 12.0 Å². The van der Waals surface area contributed by atoms with Crippen LogP contribution in [0.3, 0.4) is 0 Å². The van der Waals surface area contributed by atoms with Crippen LogP contribution < -0.4 is 5.32 Å². The zero-order chi connectivity index (χ0) is 11.4. The number of hydrogen-bond acceptors (Lipinski definition) is 2. The Hall–Kier alpha value is -0.570. The number of carbonyl (C=O) groups is 1. The molecule has 1 atom stereocenters. The van der Waals surface area contributed by atoms with Gasteiger partial charge in [0.25, 0.3) is 0 Å². The lowest BCUT2D eigenvalue weighted by Gasteiger charge is -2.30. The first-order chi connectivity index (χ1) is 7.02. The van der Waals surface area contributed by atoms with Gasteiger partial charge in [-0.15, -0.1) is 0 Å². The van der Waals surface area contributed by atoms with Gasteiger partial charge in [-0.25, -0.2) is 0 Å². The normalized spacial score (nSPS) is 21.3. The Kier molecular flexibility index (Phi) is 4.58. The summed E-state index contributed by atoms with van der Waals surface area (Å²) in [6.45, 7) is 10.4. The van der Waals surface area contributed by atoms with E-state index in [0.717, 1.165) is 25.9 Å². The van der Waals surface area contributed by atoms with Crippen LogP contribution in [0.25, 0.3) is 0 Å². The number of nitrogens with one attached hydrogen (secondary N) is 1. The Morgan fingerprint density at radius 3 is 2.47 bits per heavy atom. The van der Waals surface area contributed by atoms with Crippen molar-refractivity contribution in [2.24, 2.45) is 5.92 Å². The highest BCUT2D eigenvalue weighted by molar-refractivity contribution is 5.82. The van der Waals surface area contributed by atoms with Crippen molar-refractivity contribution in [2.45, 2.75) is 52.6 Å². The molecule has 0 aromatic heterocycles. The van der Waals surface area contributed by atoms with Gasteiger partial charge in [0.1, 0.15) is 0 Å². The van der Waals surface area contributed by atoms with Crippen LogP contribution in [0.2, 0.25) is 0 Å². The zero-order valence-corrected chi connectivity index (χ0v) is 10.4. The average Bonchev–Trinajstić information content (AvgIpc) is 2.65.